The summed E-state index contributed by atoms with van der Waals surface area (Å²) in [6, 6.07) is -0.174. The molecule has 1 aliphatic rings. The molecule has 0 aliphatic carbocycles. The molecule has 0 unspecified atom stereocenters. The van der Waals surface area contributed by atoms with Gasteiger partial charge in [-0.25, -0.2) is 4.79 Å². The maximum atomic E-state index is 12.1. The maximum absolute atomic E-state index is 12.1. The molecule has 1 heterocycles. The zero-order chi connectivity index (χ0) is 14.4. The van der Waals surface area contributed by atoms with Crippen LogP contribution in [-0.2, 0) is 9.59 Å². The van der Waals surface area contributed by atoms with Crippen LogP contribution in [0.4, 0.5) is 4.79 Å². The van der Waals surface area contributed by atoms with Crippen LogP contribution in [0.5, 0.6) is 0 Å². The fraction of sp³-hybridized carbons (Fsp3) is 0.750. The van der Waals surface area contributed by atoms with Crippen LogP contribution in [0.15, 0.2) is 0 Å². The first kappa shape index (κ1) is 15.3. The quantitative estimate of drug-likeness (QED) is 0.787. The van der Waals surface area contributed by atoms with Gasteiger partial charge in [0.15, 0.2) is 0 Å². The number of amides is 3. The standard InChI is InChI=1S/C12H21N3O4/c1-10(16)14-5-3-6-15(9-8-14)12(19)13(2)7-4-11(17)18/h3-9H2,1-2H3,(H,17,18). The van der Waals surface area contributed by atoms with E-state index in [1.807, 2.05) is 0 Å². The number of nitrogens with zero attached hydrogens (tertiary/aromatic N) is 3. The van der Waals surface area contributed by atoms with Gasteiger partial charge in [-0.05, 0) is 6.42 Å². The highest BCUT2D eigenvalue weighted by atomic mass is 16.4. The molecule has 0 radical (unpaired) electrons. The number of hydrogen-bond donors (Lipinski definition) is 1. The van der Waals surface area contributed by atoms with E-state index in [0.717, 1.165) is 6.42 Å². The summed E-state index contributed by atoms with van der Waals surface area (Å²) in [6.45, 7) is 4.01. The Morgan fingerprint density at radius 2 is 1.68 bits per heavy atom. The lowest BCUT2D eigenvalue weighted by atomic mass is 10.3. The number of aliphatic carboxylic acids is 1. The molecule has 1 aliphatic heterocycles. The summed E-state index contributed by atoms with van der Waals surface area (Å²) in [6.07, 6.45) is 0.688. The van der Waals surface area contributed by atoms with E-state index in [0.29, 0.717) is 26.2 Å². The molecule has 7 heteroatoms. The first-order chi connectivity index (χ1) is 8.91. The summed E-state index contributed by atoms with van der Waals surface area (Å²) in [5.41, 5.74) is 0. The van der Waals surface area contributed by atoms with E-state index in [-0.39, 0.29) is 24.9 Å². The topological polar surface area (TPSA) is 81.2 Å². The highest BCUT2D eigenvalue weighted by molar-refractivity contribution is 5.76. The Hall–Kier alpha value is -1.79. The third-order valence-electron chi connectivity index (χ3n) is 3.20. The zero-order valence-corrected chi connectivity index (χ0v) is 11.5. The predicted molar refractivity (Wildman–Crippen MR) is 68.7 cm³/mol. The van der Waals surface area contributed by atoms with Crippen molar-refractivity contribution in [2.24, 2.45) is 0 Å². The molecule has 1 fully saturated rings. The number of carboxylic acids is 1. The van der Waals surface area contributed by atoms with Gasteiger partial charge >= 0.3 is 12.0 Å². The molecule has 1 rings (SSSR count). The summed E-state index contributed by atoms with van der Waals surface area (Å²) >= 11 is 0. The predicted octanol–water partition coefficient (Wildman–Crippen LogP) is 0.0671. The Kier molecular flexibility index (Phi) is 5.59. The first-order valence-corrected chi connectivity index (χ1v) is 6.39. The van der Waals surface area contributed by atoms with Crippen LogP contribution in [0.25, 0.3) is 0 Å². The molecule has 0 saturated carbocycles. The van der Waals surface area contributed by atoms with Crippen molar-refractivity contribution in [2.75, 3.05) is 39.8 Å². The third kappa shape index (κ3) is 4.76. The lowest BCUT2D eigenvalue weighted by Crippen LogP contribution is -2.43. The van der Waals surface area contributed by atoms with E-state index < -0.39 is 5.97 Å². The van der Waals surface area contributed by atoms with Gasteiger partial charge in [0.25, 0.3) is 0 Å². The normalized spacial score (nSPS) is 15.9. The Morgan fingerprint density at radius 3 is 2.26 bits per heavy atom. The minimum absolute atomic E-state index is 0.0218. The van der Waals surface area contributed by atoms with Gasteiger partial charge in [-0.15, -0.1) is 0 Å². The Labute approximate surface area is 112 Å². The van der Waals surface area contributed by atoms with Gasteiger partial charge in [-0.2, -0.15) is 0 Å². The second kappa shape index (κ2) is 6.96. The molecule has 0 bridgehead atoms. The molecular formula is C12H21N3O4. The van der Waals surface area contributed by atoms with E-state index in [2.05, 4.69) is 0 Å². The molecule has 0 aromatic carbocycles. The molecule has 19 heavy (non-hydrogen) atoms. The lowest BCUT2D eigenvalue weighted by Gasteiger charge is -2.26. The van der Waals surface area contributed by atoms with E-state index in [1.165, 1.54) is 11.8 Å². The van der Waals surface area contributed by atoms with E-state index >= 15 is 0 Å². The van der Waals surface area contributed by atoms with Crippen LogP contribution in [0.3, 0.4) is 0 Å². The van der Waals surface area contributed by atoms with E-state index in [9.17, 15) is 14.4 Å². The van der Waals surface area contributed by atoms with Gasteiger partial charge in [0.1, 0.15) is 0 Å². The molecule has 0 aromatic heterocycles. The molecule has 1 saturated heterocycles. The van der Waals surface area contributed by atoms with Crippen molar-refractivity contribution in [3.63, 3.8) is 0 Å². The lowest BCUT2D eigenvalue weighted by molar-refractivity contribution is -0.137. The summed E-state index contributed by atoms with van der Waals surface area (Å²) in [7, 11) is 1.60. The van der Waals surface area contributed by atoms with Gasteiger partial charge in [0.05, 0.1) is 6.42 Å². The molecule has 3 amide bonds. The fourth-order valence-electron chi connectivity index (χ4n) is 2.02. The van der Waals surface area contributed by atoms with Gasteiger partial charge in [-0.3, -0.25) is 9.59 Å². The van der Waals surface area contributed by atoms with Crippen molar-refractivity contribution in [1.82, 2.24) is 14.7 Å². The monoisotopic (exact) mass is 271 g/mol. The number of carbonyl (C=O) groups excluding carboxylic acids is 2. The van der Waals surface area contributed by atoms with Crippen molar-refractivity contribution in [1.29, 1.82) is 0 Å². The average Bonchev–Trinajstić information content (AvgIpc) is 2.60. The smallest absolute Gasteiger partial charge is 0.319 e. The SMILES string of the molecule is CC(=O)N1CCCN(C(=O)N(C)CCC(=O)O)CC1. The van der Waals surface area contributed by atoms with E-state index in [1.54, 1.807) is 16.8 Å². The van der Waals surface area contributed by atoms with Crippen LogP contribution in [0.1, 0.15) is 19.8 Å². The van der Waals surface area contributed by atoms with Gasteiger partial charge in [0, 0.05) is 46.7 Å². The van der Waals surface area contributed by atoms with Crippen molar-refractivity contribution in [3.05, 3.63) is 0 Å². The van der Waals surface area contributed by atoms with Crippen molar-refractivity contribution < 1.29 is 19.5 Å². The van der Waals surface area contributed by atoms with Crippen molar-refractivity contribution in [3.8, 4) is 0 Å². The average molecular weight is 271 g/mol. The van der Waals surface area contributed by atoms with Crippen molar-refractivity contribution >= 4 is 17.9 Å². The Morgan fingerprint density at radius 1 is 1.11 bits per heavy atom. The van der Waals surface area contributed by atoms with Gasteiger partial charge in [-0.1, -0.05) is 0 Å². The van der Waals surface area contributed by atoms with Gasteiger partial charge in [0.2, 0.25) is 5.91 Å². The molecule has 7 nitrogen and oxygen atoms in total. The molecule has 0 aromatic rings. The van der Waals surface area contributed by atoms with Crippen LogP contribution in [0.2, 0.25) is 0 Å². The number of urea groups is 1. The maximum Gasteiger partial charge on any atom is 0.319 e. The summed E-state index contributed by atoms with van der Waals surface area (Å²) in [5, 5.41) is 8.60. The number of hydrogen-bond acceptors (Lipinski definition) is 3. The molecule has 0 spiro atoms. The summed E-state index contributed by atoms with van der Waals surface area (Å²) in [4.78, 5) is 38.7. The molecule has 108 valence electrons. The van der Waals surface area contributed by atoms with Gasteiger partial charge < -0.3 is 19.8 Å². The zero-order valence-electron chi connectivity index (χ0n) is 11.5. The molecule has 1 N–H and O–H groups in total. The minimum atomic E-state index is -0.918. The first-order valence-electron chi connectivity index (χ1n) is 6.39. The minimum Gasteiger partial charge on any atom is -0.481 e. The Bertz CT molecular complexity index is 359. The van der Waals surface area contributed by atoms with Crippen molar-refractivity contribution in [2.45, 2.75) is 19.8 Å². The highest BCUT2D eigenvalue weighted by Crippen LogP contribution is 2.06. The Balaban J connectivity index is 2.48. The number of carboxylic acid groups (broad SMARTS) is 1. The second-order valence-corrected chi connectivity index (χ2v) is 4.69. The summed E-state index contributed by atoms with van der Waals surface area (Å²) < 4.78 is 0. The van der Waals surface area contributed by atoms with Crippen LogP contribution >= 0.6 is 0 Å². The fourth-order valence-corrected chi connectivity index (χ4v) is 2.02. The van der Waals surface area contributed by atoms with Crippen LogP contribution in [0, 0.1) is 0 Å². The number of rotatable bonds is 3. The molecule has 0 atom stereocenters. The highest BCUT2D eigenvalue weighted by Gasteiger charge is 2.22. The second-order valence-electron chi connectivity index (χ2n) is 4.69. The number of carbonyl (C=O) groups is 3. The summed E-state index contributed by atoms with van der Waals surface area (Å²) in [5.74, 6) is -0.896. The van der Waals surface area contributed by atoms with Crippen LogP contribution in [-0.4, -0.2) is 77.5 Å². The molecular weight excluding hydrogens is 250 g/mol. The largest absolute Gasteiger partial charge is 0.481 e. The van der Waals surface area contributed by atoms with Crippen LogP contribution < -0.4 is 0 Å². The van der Waals surface area contributed by atoms with E-state index in [4.69, 9.17) is 5.11 Å². The third-order valence-corrected chi connectivity index (χ3v) is 3.20.